The van der Waals surface area contributed by atoms with E-state index in [0.29, 0.717) is 17.1 Å². The summed E-state index contributed by atoms with van der Waals surface area (Å²) in [6, 6.07) is 21.0. The van der Waals surface area contributed by atoms with Gasteiger partial charge in [-0.25, -0.2) is 4.79 Å². The van der Waals surface area contributed by atoms with Crippen molar-refractivity contribution in [3.05, 3.63) is 93.5 Å². The van der Waals surface area contributed by atoms with Gasteiger partial charge in [-0.3, -0.25) is 0 Å². The summed E-state index contributed by atoms with van der Waals surface area (Å²) < 4.78 is 13.0. The van der Waals surface area contributed by atoms with E-state index in [1.165, 1.54) is 0 Å². The van der Waals surface area contributed by atoms with Crippen molar-refractivity contribution in [2.45, 2.75) is 5.60 Å². The number of halogens is 1. The standard InChI is InChI=1S/C20H11BrO3/c21-16-10-5-9-15-18(16)23-17-11-4-3-8-14(17)20(15)13-7-2-1-6-12(13)19(22)24-20/h1-11H. The Morgan fingerprint density at radius 2 is 1.50 bits per heavy atom. The maximum Gasteiger partial charge on any atom is 0.340 e. The highest BCUT2D eigenvalue weighted by molar-refractivity contribution is 9.10. The number of carbonyl (C=O) groups excluding carboxylic acids is 1. The largest absolute Gasteiger partial charge is 0.455 e. The minimum atomic E-state index is -0.971. The van der Waals surface area contributed by atoms with Gasteiger partial charge in [-0.2, -0.15) is 0 Å². The Hall–Kier alpha value is -2.59. The summed E-state index contributed by atoms with van der Waals surface area (Å²) in [5.41, 5.74) is 2.15. The van der Waals surface area contributed by atoms with Gasteiger partial charge in [-0.05, 0) is 34.1 Å². The van der Waals surface area contributed by atoms with Crippen LogP contribution in [0.25, 0.3) is 0 Å². The number of esters is 1. The summed E-state index contributed by atoms with van der Waals surface area (Å²) in [7, 11) is 0. The normalized spacial score (nSPS) is 20.0. The molecule has 3 aromatic carbocycles. The Morgan fingerprint density at radius 1 is 0.792 bits per heavy atom. The van der Waals surface area contributed by atoms with Crippen LogP contribution in [0.2, 0.25) is 0 Å². The van der Waals surface area contributed by atoms with Gasteiger partial charge in [-0.1, -0.05) is 48.5 Å². The first-order chi connectivity index (χ1) is 11.7. The van der Waals surface area contributed by atoms with Crippen LogP contribution in [0.5, 0.6) is 11.5 Å². The highest BCUT2D eigenvalue weighted by Crippen LogP contribution is 2.57. The second-order valence-corrected chi connectivity index (χ2v) is 6.69. The van der Waals surface area contributed by atoms with Crippen molar-refractivity contribution in [2.24, 2.45) is 0 Å². The number of hydrogen-bond donors (Lipinski definition) is 0. The minimum absolute atomic E-state index is 0.312. The van der Waals surface area contributed by atoms with Gasteiger partial charge in [0.2, 0.25) is 0 Å². The summed E-state index contributed by atoms with van der Waals surface area (Å²) in [5.74, 6) is 1.07. The third kappa shape index (κ3) is 1.59. The van der Waals surface area contributed by atoms with Crippen molar-refractivity contribution in [3.63, 3.8) is 0 Å². The van der Waals surface area contributed by atoms with Crippen LogP contribution in [0.15, 0.2) is 71.2 Å². The first-order valence-corrected chi connectivity index (χ1v) is 8.40. The first-order valence-electron chi connectivity index (χ1n) is 7.61. The van der Waals surface area contributed by atoms with Gasteiger partial charge >= 0.3 is 5.97 Å². The molecule has 0 saturated carbocycles. The zero-order valence-corrected chi connectivity index (χ0v) is 14.0. The molecule has 3 nitrogen and oxygen atoms in total. The lowest BCUT2D eigenvalue weighted by molar-refractivity contribution is 0.0224. The molecule has 24 heavy (non-hydrogen) atoms. The number of hydrogen-bond acceptors (Lipinski definition) is 3. The Morgan fingerprint density at radius 3 is 2.38 bits per heavy atom. The van der Waals surface area contributed by atoms with E-state index in [1.54, 1.807) is 0 Å². The zero-order chi connectivity index (χ0) is 16.3. The Balaban J connectivity index is 1.94. The molecule has 0 saturated heterocycles. The van der Waals surface area contributed by atoms with Crippen LogP contribution in [0.3, 0.4) is 0 Å². The van der Waals surface area contributed by atoms with Gasteiger partial charge in [0.25, 0.3) is 0 Å². The summed E-state index contributed by atoms with van der Waals surface area (Å²) in [6.45, 7) is 0. The number of carbonyl (C=O) groups is 1. The smallest absolute Gasteiger partial charge is 0.340 e. The summed E-state index contributed by atoms with van der Waals surface area (Å²) in [6.07, 6.45) is 0. The molecular weight excluding hydrogens is 368 g/mol. The molecule has 1 spiro atoms. The summed E-state index contributed by atoms with van der Waals surface area (Å²) in [4.78, 5) is 12.6. The molecule has 2 aliphatic heterocycles. The minimum Gasteiger partial charge on any atom is -0.455 e. The van der Waals surface area contributed by atoms with Crippen molar-refractivity contribution in [1.29, 1.82) is 0 Å². The van der Waals surface area contributed by atoms with Crippen LogP contribution in [-0.2, 0) is 10.3 Å². The van der Waals surface area contributed by atoms with E-state index in [1.807, 2.05) is 66.7 Å². The molecule has 0 aliphatic carbocycles. The Kier molecular flexibility index (Phi) is 2.71. The van der Waals surface area contributed by atoms with Gasteiger partial charge < -0.3 is 9.47 Å². The van der Waals surface area contributed by atoms with Crippen molar-refractivity contribution in [3.8, 4) is 11.5 Å². The molecule has 0 N–H and O–H groups in total. The van der Waals surface area contributed by atoms with E-state index in [0.717, 1.165) is 21.2 Å². The molecule has 0 aromatic heterocycles. The van der Waals surface area contributed by atoms with Gasteiger partial charge in [0.15, 0.2) is 5.60 Å². The number of rotatable bonds is 0. The lowest BCUT2D eigenvalue weighted by atomic mass is 9.78. The third-order valence-corrected chi connectivity index (χ3v) is 5.22. The average Bonchev–Trinajstić information content (AvgIpc) is 2.91. The fourth-order valence-electron chi connectivity index (χ4n) is 3.61. The van der Waals surface area contributed by atoms with Crippen LogP contribution in [0.1, 0.15) is 27.0 Å². The highest BCUT2D eigenvalue weighted by atomic mass is 79.9. The van der Waals surface area contributed by atoms with Crippen molar-refractivity contribution >= 4 is 21.9 Å². The summed E-state index contributed by atoms with van der Waals surface area (Å²) >= 11 is 3.55. The predicted molar refractivity (Wildman–Crippen MR) is 92.4 cm³/mol. The maximum atomic E-state index is 12.6. The molecule has 5 rings (SSSR count). The molecule has 1 atom stereocenters. The van der Waals surface area contributed by atoms with Crippen LogP contribution >= 0.6 is 15.9 Å². The molecule has 4 heteroatoms. The average molecular weight is 379 g/mol. The number of benzene rings is 3. The monoisotopic (exact) mass is 378 g/mol. The maximum absolute atomic E-state index is 12.6. The molecule has 0 fully saturated rings. The van der Waals surface area contributed by atoms with E-state index in [4.69, 9.17) is 9.47 Å². The van der Waals surface area contributed by atoms with E-state index < -0.39 is 5.60 Å². The third-order valence-electron chi connectivity index (χ3n) is 4.60. The van der Waals surface area contributed by atoms with E-state index in [9.17, 15) is 4.79 Å². The molecule has 116 valence electrons. The lowest BCUT2D eigenvalue weighted by Crippen LogP contribution is -2.33. The van der Waals surface area contributed by atoms with Crippen molar-refractivity contribution in [1.82, 2.24) is 0 Å². The topological polar surface area (TPSA) is 35.5 Å². The Labute approximate surface area is 147 Å². The number of para-hydroxylation sites is 2. The predicted octanol–water partition coefficient (Wildman–Crippen LogP) is 5.02. The van der Waals surface area contributed by atoms with Gasteiger partial charge in [0.1, 0.15) is 11.5 Å². The van der Waals surface area contributed by atoms with Crippen molar-refractivity contribution in [2.75, 3.05) is 0 Å². The van der Waals surface area contributed by atoms with Crippen molar-refractivity contribution < 1.29 is 14.3 Å². The van der Waals surface area contributed by atoms with Crippen LogP contribution in [0, 0.1) is 0 Å². The number of fused-ring (bicyclic) bond motifs is 6. The summed E-state index contributed by atoms with van der Waals surface area (Å²) in [5, 5.41) is 0. The van der Waals surface area contributed by atoms with Crippen LogP contribution in [-0.4, -0.2) is 5.97 Å². The molecule has 1 unspecified atom stereocenters. The second kappa shape index (κ2) is 4.71. The SMILES string of the molecule is O=C1OC2(c3ccccc3Oc3c(Br)cccc32)c2ccccc21. The number of ether oxygens (including phenoxy) is 2. The van der Waals surface area contributed by atoms with E-state index in [2.05, 4.69) is 15.9 Å². The molecule has 2 heterocycles. The lowest BCUT2D eigenvalue weighted by Gasteiger charge is -2.36. The second-order valence-electron chi connectivity index (χ2n) is 5.83. The molecule has 0 radical (unpaired) electrons. The fraction of sp³-hybridized carbons (Fsp3) is 0.0500. The van der Waals surface area contributed by atoms with Gasteiger partial charge in [0, 0.05) is 16.7 Å². The zero-order valence-electron chi connectivity index (χ0n) is 12.5. The molecule has 3 aromatic rings. The molecule has 0 bridgehead atoms. The molecular formula is C20H11BrO3. The van der Waals surface area contributed by atoms with Gasteiger partial charge in [-0.15, -0.1) is 0 Å². The van der Waals surface area contributed by atoms with Gasteiger partial charge in [0.05, 0.1) is 10.0 Å². The van der Waals surface area contributed by atoms with E-state index in [-0.39, 0.29) is 5.97 Å². The quantitative estimate of drug-likeness (QED) is 0.515. The molecule has 2 aliphatic rings. The Bertz CT molecular complexity index is 1010. The van der Waals surface area contributed by atoms with Crippen LogP contribution in [0.4, 0.5) is 0 Å². The fourth-order valence-corrected chi connectivity index (χ4v) is 4.06. The molecule has 0 amide bonds. The first kappa shape index (κ1) is 13.8. The highest BCUT2D eigenvalue weighted by Gasteiger charge is 2.53. The van der Waals surface area contributed by atoms with E-state index >= 15 is 0 Å². The van der Waals surface area contributed by atoms with Crippen LogP contribution < -0.4 is 4.74 Å².